The zero-order valence-corrected chi connectivity index (χ0v) is 14.4. The molecule has 1 atom stereocenters. The van der Waals surface area contributed by atoms with E-state index in [0.717, 1.165) is 14.5 Å². The summed E-state index contributed by atoms with van der Waals surface area (Å²) in [5.74, 6) is -0.0227. The van der Waals surface area contributed by atoms with Gasteiger partial charge in [-0.3, -0.25) is 4.79 Å². The first-order valence-corrected chi connectivity index (χ1v) is 7.85. The fraction of sp³-hybridized carbons (Fsp3) is 0.385. The van der Waals surface area contributed by atoms with Crippen LogP contribution in [0.15, 0.2) is 21.1 Å². The number of benzene rings is 1. The molecule has 1 amide bonds. The van der Waals surface area contributed by atoms with Gasteiger partial charge in [0.15, 0.2) is 6.07 Å². The number of ether oxygens (including phenoxy) is 1. The van der Waals surface area contributed by atoms with Gasteiger partial charge < -0.3 is 20.9 Å². The Labute approximate surface area is 139 Å². The predicted octanol–water partition coefficient (Wildman–Crippen LogP) is 0.896. The molecule has 1 rings (SSSR count). The van der Waals surface area contributed by atoms with Crippen LogP contribution < -0.4 is 15.8 Å². The molecule has 0 radical (unpaired) electrons. The summed E-state index contributed by atoms with van der Waals surface area (Å²) in [5, 5.41) is 20.5. The van der Waals surface area contributed by atoms with Crippen molar-refractivity contribution < 1.29 is 20.4 Å². The molecular formula is C13H16Br2N3O3+. The summed E-state index contributed by atoms with van der Waals surface area (Å²) in [5.41, 5.74) is 4.41. The monoisotopic (exact) mass is 420 g/mol. The van der Waals surface area contributed by atoms with Crippen LogP contribution in [0.5, 0.6) is 5.75 Å². The molecule has 6 nitrogen and oxygen atoms in total. The Bertz CT molecular complexity index is 523. The van der Waals surface area contributed by atoms with E-state index in [1.54, 1.807) is 12.1 Å². The van der Waals surface area contributed by atoms with Gasteiger partial charge in [0.05, 0.1) is 15.6 Å². The molecule has 0 aliphatic rings. The van der Waals surface area contributed by atoms with Gasteiger partial charge in [-0.2, -0.15) is 5.26 Å². The molecular weight excluding hydrogens is 406 g/mol. The summed E-state index contributed by atoms with van der Waals surface area (Å²) in [7, 11) is 0. The minimum atomic E-state index is -0.649. The number of halogens is 2. The number of nitrogens with one attached hydrogen (secondary N) is 1. The van der Waals surface area contributed by atoms with Crippen LogP contribution in [-0.2, 0) is 4.79 Å². The lowest BCUT2D eigenvalue weighted by atomic mass is 10.1. The smallest absolute Gasteiger partial charge is 0.322 e. The number of nitriles is 1. The van der Waals surface area contributed by atoms with E-state index in [0.29, 0.717) is 31.9 Å². The van der Waals surface area contributed by atoms with Crippen molar-refractivity contribution in [2.75, 3.05) is 19.7 Å². The largest absolute Gasteiger partial charge is 0.491 e. The lowest BCUT2D eigenvalue weighted by Crippen LogP contribution is -2.52. The van der Waals surface area contributed by atoms with Crippen molar-refractivity contribution in [2.24, 2.45) is 0 Å². The number of nitrogens with zero attached hydrogens (tertiary/aromatic N) is 1. The van der Waals surface area contributed by atoms with E-state index in [9.17, 15) is 9.90 Å². The zero-order chi connectivity index (χ0) is 15.8. The molecule has 8 heteroatoms. The second-order valence-corrected chi connectivity index (χ2v) is 5.90. The van der Waals surface area contributed by atoms with Crippen LogP contribution in [0, 0.1) is 11.3 Å². The van der Waals surface area contributed by atoms with Crippen molar-refractivity contribution in [2.45, 2.75) is 12.5 Å². The van der Waals surface area contributed by atoms with Crippen LogP contribution in [0.25, 0.3) is 0 Å². The van der Waals surface area contributed by atoms with E-state index >= 15 is 0 Å². The topological polar surface area (TPSA) is 110 Å². The first-order chi connectivity index (χ1) is 9.99. The van der Waals surface area contributed by atoms with E-state index in [1.165, 1.54) is 6.07 Å². The summed E-state index contributed by atoms with van der Waals surface area (Å²) in [6.07, 6.45) is -0.0388. The summed E-state index contributed by atoms with van der Waals surface area (Å²) in [6.45, 7) is 1.15. The van der Waals surface area contributed by atoms with Gasteiger partial charge in [0.25, 0.3) is 0 Å². The molecule has 1 aromatic rings. The van der Waals surface area contributed by atoms with Crippen molar-refractivity contribution in [3.05, 3.63) is 26.6 Å². The Kier molecular flexibility index (Phi) is 7.67. The predicted molar refractivity (Wildman–Crippen MR) is 83.3 cm³/mol. The van der Waals surface area contributed by atoms with Gasteiger partial charge in [0.1, 0.15) is 18.4 Å². The molecule has 0 saturated heterocycles. The van der Waals surface area contributed by atoms with Crippen molar-refractivity contribution >= 4 is 37.8 Å². The van der Waals surface area contributed by atoms with Crippen LogP contribution >= 0.6 is 31.9 Å². The van der Waals surface area contributed by atoms with E-state index in [-0.39, 0.29) is 0 Å². The number of hydrogen-bond donors (Lipinski definition) is 3. The molecule has 114 valence electrons. The minimum Gasteiger partial charge on any atom is -0.491 e. The Morgan fingerprint density at radius 1 is 1.48 bits per heavy atom. The van der Waals surface area contributed by atoms with Gasteiger partial charge in [-0.25, -0.2) is 0 Å². The van der Waals surface area contributed by atoms with Crippen molar-refractivity contribution in [1.29, 1.82) is 5.26 Å². The van der Waals surface area contributed by atoms with E-state index in [4.69, 9.17) is 10.00 Å². The molecule has 0 spiro atoms. The summed E-state index contributed by atoms with van der Waals surface area (Å²) in [4.78, 5) is 10.7. The molecule has 0 aromatic heterocycles. The Balaban J connectivity index is 2.56. The summed E-state index contributed by atoms with van der Waals surface area (Å²) in [6, 6.07) is 5.05. The third-order valence-corrected chi connectivity index (χ3v) is 3.81. The Hall–Kier alpha value is -1.14. The van der Waals surface area contributed by atoms with Gasteiger partial charge in [0.2, 0.25) is 0 Å². The fourth-order valence-electron chi connectivity index (χ4n) is 1.56. The van der Waals surface area contributed by atoms with Crippen molar-refractivity contribution in [3.63, 3.8) is 0 Å². The van der Waals surface area contributed by atoms with Crippen LogP contribution in [0.1, 0.15) is 18.1 Å². The van der Waals surface area contributed by atoms with E-state index in [2.05, 4.69) is 42.9 Å². The molecule has 0 fully saturated rings. The Morgan fingerprint density at radius 3 is 2.62 bits per heavy atom. The molecule has 0 saturated carbocycles. The maximum absolute atomic E-state index is 10.7. The van der Waals surface area contributed by atoms with Crippen LogP contribution in [0.2, 0.25) is 0 Å². The average Bonchev–Trinajstić information content (AvgIpc) is 2.47. The quantitative estimate of drug-likeness (QED) is 0.448. The minimum absolute atomic E-state index is 0.375. The first kappa shape index (κ1) is 17.9. The maximum Gasteiger partial charge on any atom is 0.322 e. The number of amides is 1. The number of quaternary nitrogens is 1. The third-order valence-electron chi connectivity index (χ3n) is 2.63. The number of aliphatic hydroxyl groups excluding tert-OH is 1. The van der Waals surface area contributed by atoms with E-state index < -0.39 is 12.0 Å². The lowest BCUT2D eigenvalue weighted by Gasteiger charge is -2.14. The highest BCUT2D eigenvalue weighted by molar-refractivity contribution is 9.11. The number of aliphatic hydroxyl groups is 1. The fourth-order valence-corrected chi connectivity index (χ4v) is 3.02. The molecule has 5 N–H and O–H groups in total. The second-order valence-electron chi connectivity index (χ2n) is 4.19. The summed E-state index contributed by atoms with van der Waals surface area (Å²) >= 11 is 6.80. The third kappa shape index (κ3) is 5.63. The highest BCUT2D eigenvalue weighted by atomic mass is 79.9. The van der Waals surface area contributed by atoms with Crippen LogP contribution in [0.3, 0.4) is 0 Å². The molecule has 0 aliphatic carbocycles. The SMILES string of the molecule is N#CC(=O)NCCCOc1c(Br)cc(C(O)C[NH3+])cc1Br. The van der Waals surface area contributed by atoms with Crippen LogP contribution in [-0.4, -0.2) is 30.7 Å². The average molecular weight is 422 g/mol. The standard InChI is InChI=1S/C13H15Br2N3O3/c14-9-4-8(11(19)6-16)5-10(15)13(9)21-3-1-2-18-12(20)7-17/h4-5,11,19H,1-3,6,16H2,(H,18,20)/p+1. The highest BCUT2D eigenvalue weighted by Gasteiger charge is 2.14. The van der Waals surface area contributed by atoms with Gasteiger partial charge in [-0.1, -0.05) is 0 Å². The van der Waals surface area contributed by atoms with Gasteiger partial charge in [-0.05, 0) is 56.0 Å². The number of rotatable bonds is 7. The lowest BCUT2D eigenvalue weighted by molar-refractivity contribution is -0.385. The zero-order valence-electron chi connectivity index (χ0n) is 11.2. The molecule has 0 bridgehead atoms. The number of hydrogen-bond acceptors (Lipinski definition) is 4. The molecule has 1 unspecified atom stereocenters. The van der Waals surface area contributed by atoms with Gasteiger partial charge in [-0.15, -0.1) is 0 Å². The number of carbonyl (C=O) groups is 1. The molecule has 21 heavy (non-hydrogen) atoms. The van der Waals surface area contributed by atoms with E-state index in [1.807, 2.05) is 0 Å². The molecule has 0 heterocycles. The number of carbonyl (C=O) groups excluding carboxylic acids is 1. The van der Waals surface area contributed by atoms with Crippen molar-refractivity contribution in [3.8, 4) is 11.8 Å². The maximum atomic E-state index is 10.7. The van der Waals surface area contributed by atoms with Crippen molar-refractivity contribution in [1.82, 2.24) is 5.32 Å². The normalized spacial score (nSPS) is 11.6. The first-order valence-electron chi connectivity index (χ1n) is 6.26. The summed E-state index contributed by atoms with van der Waals surface area (Å²) < 4.78 is 7.07. The van der Waals surface area contributed by atoms with Gasteiger partial charge >= 0.3 is 5.91 Å². The molecule has 1 aromatic carbocycles. The van der Waals surface area contributed by atoms with Gasteiger partial charge in [0, 0.05) is 6.54 Å². The highest BCUT2D eigenvalue weighted by Crippen LogP contribution is 2.36. The van der Waals surface area contributed by atoms with Crippen LogP contribution in [0.4, 0.5) is 0 Å². The second kappa shape index (κ2) is 9.00. The molecule has 0 aliphatic heterocycles. The Morgan fingerprint density at radius 2 is 2.10 bits per heavy atom.